The molecule has 0 saturated carbocycles. The summed E-state index contributed by atoms with van der Waals surface area (Å²) in [6.45, 7) is -0.492. The van der Waals surface area contributed by atoms with Crippen molar-refractivity contribution in [3.8, 4) is 0 Å². The number of nitrogens with one attached hydrogen (secondary N) is 3. The van der Waals surface area contributed by atoms with E-state index >= 15 is 0 Å². The first kappa shape index (κ1) is 22.8. The van der Waals surface area contributed by atoms with Crippen molar-refractivity contribution < 1.29 is 19.1 Å². The number of thiazole rings is 1. The van der Waals surface area contributed by atoms with E-state index in [2.05, 4.69) is 20.6 Å². The van der Waals surface area contributed by atoms with Gasteiger partial charge in [0.05, 0.1) is 15.1 Å². The maximum Gasteiger partial charge on any atom is 0.329 e. The minimum absolute atomic E-state index is 0.208. The second kappa shape index (κ2) is 10.1. The molecule has 3 heterocycles. The molecule has 0 aliphatic rings. The average Bonchev–Trinajstić information content (AvgIpc) is 3.62. The maximum absolute atomic E-state index is 13.0. The quantitative estimate of drug-likeness (QED) is 0.272. The Balaban J connectivity index is 1.27. The lowest BCUT2D eigenvalue weighted by atomic mass is 10.0. The van der Waals surface area contributed by atoms with Gasteiger partial charge in [-0.1, -0.05) is 47.7 Å². The zero-order chi connectivity index (χ0) is 24.2. The monoisotopic (exact) mass is 504 g/mol. The molecule has 0 fully saturated rings. The summed E-state index contributed by atoms with van der Waals surface area (Å²) in [6.07, 6.45) is 2.02. The molecule has 2 aromatic carbocycles. The Morgan fingerprint density at radius 1 is 1.03 bits per heavy atom. The number of benzene rings is 2. The molecular weight excluding hydrogens is 484 g/mol. The Labute approximate surface area is 208 Å². The number of rotatable bonds is 8. The van der Waals surface area contributed by atoms with Crippen LogP contribution in [0.3, 0.4) is 0 Å². The summed E-state index contributed by atoms with van der Waals surface area (Å²) < 4.78 is 6.24. The Morgan fingerprint density at radius 2 is 1.86 bits per heavy atom. The minimum Gasteiger partial charge on any atom is -0.454 e. The van der Waals surface area contributed by atoms with Crippen LogP contribution in [0.15, 0.2) is 72.2 Å². The van der Waals surface area contributed by atoms with Crippen molar-refractivity contribution in [2.45, 2.75) is 12.5 Å². The predicted octanol–water partition coefficient (Wildman–Crippen LogP) is 4.36. The zero-order valence-corrected chi connectivity index (χ0v) is 19.9. The third-order valence-electron chi connectivity index (χ3n) is 5.32. The van der Waals surface area contributed by atoms with Crippen molar-refractivity contribution in [1.82, 2.24) is 15.3 Å². The number of esters is 1. The molecule has 0 bridgehead atoms. The van der Waals surface area contributed by atoms with Gasteiger partial charge in [0.25, 0.3) is 11.8 Å². The van der Waals surface area contributed by atoms with E-state index < -0.39 is 24.5 Å². The average molecular weight is 505 g/mol. The molecule has 176 valence electrons. The van der Waals surface area contributed by atoms with Gasteiger partial charge in [-0.3, -0.25) is 14.9 Å². The number of fused-ring (bicyclic) bond motifs is 2. The molecule has 0 aliphatic heterocycles. The second-order valence-electron chi connectivity index (χ2n) is 7.71. The smallest absolute Gasteiger partial charge is 0.329 e. The number of H-pyrrole nitrogens is 1. The number of thiophene rings is 1. The first-order chi connectivity index (χ1) is 17.1. The van der Waals surface area contributed by atoms with Crippen LogP contribution in [0, 0.1) is 0 Å². The van der Waals surface area contributed by atoms with Gasteiger partial charge in [-0.25, -0.2) is 9.78 Å². The van der Waals surface area contributed by atoms with Crippen LogP contribution in [0.2, 0.25) is 0 Å². The van der Waals surface area contributed by atoms with Crippen LogP contribution < -0.4 is 10.6 Å². The lowest BCUT2D eigenvalue weighted by molar-refractivity contribution is -0.149. The number of aromatic amines is 1. The van der Waals surface area contributed by atoms with Crippen molar-refractivity contribution in [1.29, 1.82) is 0 Å². The van der Waals surface area contributed by atoms with Gasteiger partial charge >= 0.3 is 5.97 Å². The van der Waals surface area contributed by atoms with E-state index in [1.807, 2.05) is 54.7 Å². The van der Waals surface area contributed by atoms with E-state index in [9.17, 15) is 14.4 Å². The van der Waals surface area contributed by atoms with Crippen LogP contribution in [-0.2, 0) is 20.7 Å². The van der Waals surface area contributed by atoms with E-state index in [1.54, 1.807) is 17.5 Å². The Hall–Kier alpha value is -4.02. The van der Waals surface area contributed by atoms with Crippen LogP contribution in [0.25, 0.3) is 21.1 Å². The molecule has 0 saturated heterocycles. The highest BCUT2D eigenvalue weighted by atomic mass is 32.1. The standard InChI is InChI=1S/C25H20N4O4S2/c30-22(29-25-28-18-8-3-4-9-20(18)35-25)14-33-24(32)19(27-23(31)21-10-5-11-34-21)12-15-13-26-17-7-2-1-6-16(15)17/h1-11,13,19,26H,12,14H2,(H,27,31)(H,28,29,30)/t19-/m1/s1. The fourth-order valence-corrected chi connectivity index (χ4v) is 5.18. The molecule has 0 aliphatic carbocycles. The summed E-state index contributed by atoms with van der Waals surface area (Å²) >= 11 is 2.61. The SMILES string of the molecule is O=C(COC(=O)[C@@H](Cc1c[nH]c2ccccc12)NC(=O)c1cccs1)Nc1nc2ccccc2s1. The van der Waals surface area contributed by atoms with Gasteiger partial charge in [0.2, 0.25) is 0 Å². The molecule has 8 nitrogen and oxygen atoms in total. The molecule has 0 spiro atoms. The highest BCUT2D eigenvalue weighted by Crippen LogP contribution is 2.25. The van der Waals surface area contributed by atoms with Crippen LogP contribution in [0.5, 0.6) is 0 Å². The molecule has 3 N–H and O–H groups in total. The summed E-state index contributed by atoms with van der Waals surface area (Å²) in [7, 11) is 0. The fraction of sp³-hybridized carbons (Fsp3) is 0.120. The van der Waals surface area contributed by atoms with Gasteiger partial charge in [0.15, 0.2) is 11.7 Å². The van der Waals surface area contributed by atoms with Crippen molar-refractivity contribution in [2.75, 3.05) is 11.9 Å². The number of ether oxygens (including phenoxy) is 1. The second-order valence-corrected chi connectivity index (χ2v) is 9.69. The molecule has 0 radical (unpaired) electrons. The maximum atomic E-state index is 13.0. The Morgan fingerprint density at radius 3 is 2.69 bits per heavy atom. The Bertz CT molecular complexity index is 1470. The van der Waals surface area contributed by atoms with Crippen molar-refractivity contribution in [2.24, 2.45) is 0 Å². The molecule has 1 atom stereocenters. The van der Waals surface area contributed by atoms with E-state index in [0.29, 0.717) is 10.0 Å². The summed E-state index contributed by atoms with van der Waals surface area (Å²) in [5, 5.41) is 8.57. The molecule has 3 aromatic heterocycles. The normalized spacial score (nSPS) is 11.9. The summed E-state index contributed by atoms with van der Waals surface area (Å²) in [4.78, 5) is 46.1. The van der Waals surface area contributed by atoms with Crippen molar-refractivity contribution >= 4 is 66.7 Å². The van der Waals surface area contributed by atoms with Crippen LogP contribution in [0.1, 0.15) is 15.2 Å². The van der Waals surface area contributed by atoms with E-state index in [1.165, 1.54) is 22.7 Å². The van der Waals surface area contributed by atoms with Gasteiger partial charge < -0.3 is 15.0 Å². The number of hydrogen-bond acceptors (Lipinski definition) is 7. The summed E-state index contributed by atoms with van der Waals surface area (Å²) in [5.74, 6) is -1.58. The number of anilines is 1. The number of aromatic nitrogens is 2. The third-order valence-corrected chi connectivity index (χ3v) is 7.14. The number of amides is 2. The number of nitrogens with zero attached hydrogens (tertiary/aromatic N) is 1. The first-order valence-corrected chi connectivity index (χ1v) is 12.5. The Kier molecular flexibility index (Phi) is 6.55. The molecule has 10 heteroatoms. The lowest BCUT2D eigenvalue weighted by Crippen LogP contribution is -2.43. The predicted molar refractivity (Wildman–Crippen MR) is 137 cm³/mol. The van der Waals surface area contributed by atoms with Crippen LogP contribution >= 0.6 is 22.7 Å². The van der Waals surface area contributed by atoms with E-state index in [4.69, 9.17) is 4.74 Å². The molecule has 2 amide bonds. The summed E-state index contributed by atoms with van der Waals surface area (Å²) in [5.41, 5.74) is 2.56. The molecule has 5 aromatic rings. The first-order valence-electron chi connectivity index (χ1n) is 10.8. The van der Waals surface area contributed by atoms with Crippen LogP contribution in [-0.4, -0.2) is 40.4 Å². The lowest BCUT2D eigenvalue weighted by Gasteiger charge is -2.17. The van der Waals surface area contributed by atoms with E-state index in [-0.39, 0.29) is 12.3 Å². The molecule has 35 heavy (non-hydrogen) atoms. The van der Waals surface area contributed by atoms with Gasteiger partial charge in [-0.2, -0.15) is 0 Å². The van der Waals surface area contributed by atoms with Gasteiger partial charge in [-0.05, 0) is 35.2 Å². The topological polar surface area (TPSA) is 113 Å². The van der Waals surface area contributed by atoms with Gasteiger partial charge in [0, 0.05) is 23.5 Å². The molecular formula is C25H20N4O4S2. The van der Waals surface area contributed by atoms with Crippen molar-refractivity contribution in [3.63, 3.8) is 0 Å². The molecule has 0 unspecified atom stereocenters. The van der Waals surface area contributed by atoms with E-state index in [0.717, 1.165) is 26.7 Å². The highest BCUT2D eigenvalue weighted by Gasteiger charge is 2.26. The fourth-order valence-electron chi connectivity index (χ4n) is 3.67. The van der Waals surface area contributed by atoms with Crippen molar-refractivity contribution in [3.05, 3.63) is 82.7 Å². The number of para-hydroxylation sites is 2. The highest BCUT2D eigenvalue weighted by molar-refractivity contribution is 7.22. The molecule has 5 rings (SSSR count). The zero-order valence-electron chi connectivity index (χ0n) is 18.3. The van der Waals surface area contributed by atoms with Gasteiger partial charge in [-0.15, -0.1) is 11.3 Å². The summed E-state index contributed by atoms with van der Waals surface area (Å²) in [6, 6.07) is 17.7. The number of carbonyl (C=O) groups excluding carboxylic acids is 3. The largest absolute Gasteiger partial charge is 0.454 e. The van der Waals surface area contributed by atoms with Gasteiger partial charge in [0.1, 0.15) is 6.04 Å². The van der Waals surface area contributed by atoms with Crippen LogP contribution in [0.4, 0.5) is 5.13 Å². The minimum atomic E-state index is -0.973. The number of carbonyl (C=O) groups is 3. The third kappa shape index (κ3) is 5.23. The number of hydrogen-bond donors (Lipinski definition) is 3.